The molecule has 0 aliphatic rings. The van der Waals surface area contributed by atoms with Crippen LogP contribution in [0.25, 0.3) is 10.8 Å². The molecule has 0 saturated heterocycles. The molecule has 2 aromatic carbocycles. The molecule has 0 aliphatic carbocycles. The molecule has 0 aliphatic heterocycles. The van der Waals surface area contributed by atoms with Gasteiger partial charge in [0.15, 0.2) is 0 Å². The van der Waals surface area contributed by atoms with E-state index in [1.165, 1.54) is 14.3 Å². The maximum absolute atomic E-state index is 2.31. The molecular formula is C11H10I-. The Morgan fingerprint density at radius 1 is 0.917 bits per heavy atom. The van der Waals surface area contributed by atoms with Gasteiger partial charge in [-0.3, -0.25) is 0 Å². The molecule has 0 amide bonds. The number of alkyl halides is 1. The predicted molar refractivity (Wildman–Crippen MR) is 48.6 cm³/mol. The molecule has 62 valence electrons. The summed E-state index contributed by atoms with van der Waals surface area (Å²) in [5.41, 5.74) is 0. The minimum atomic E-state index is 0.235. The van der Waals surface area contributed by atoms with Crippen LogP contribution in [-0.4, -0.2) is 4.93 Å². The van der Waals surface area contributed by atoms with Crippen molar-refractivity contribution in [3.05, 3.63) is 46.0 Å². The number of hydrogen-bond donors (Lipinski definition) is 0. The number of benzene rings is 2. The first kappa shape index (κ1) is 8.05. The van der Waals surface area contributed by atoms with E-state index >= 15 is 0 Å². The topological polar surface area (TPSA) is 0 Å². The molecule has 0 saturated carbocycles. The van der Waals surface area contributed by atoms with Crippen LogP contribution in [0.1, 0.15) is 0 Å². The molecule has 12 heavy (non-hydrogen) atoms. The number of hydrogen-bond acceptors (Lipinski definition) is 0. The van der Waals surface area contributed by atoms with Gasteiger partial charge >= 0.3 is 82.9 Å². The normalized spacial score (nSPS) is 10.8. The fourth-order valence-electron chi connectivity index (χ4n) is 1.28. The molecule has 0 radical (unpaired) electrons. The molecule has 0 atom stereocenters. The van der Waals surface area contributed by atoms with Crippen LogP contribution in [-0.2, 0) is 0 Å². The molecular weight excluding hydrogens is 259 g/mol. The summed E-state index contributed by atoms with van der Waals surface area (Å²) < 4.78 is 1.52. The fraction of sp³-hybridized carbons (Fsp3) is 0.0909. The van der Waals surface area contributed by atoms with Crippen LogP contribution in [0, 0.1) is 3.57 Å². The van der Waals surface area contributed by atoms with E-state index in [0.29, 0.717) is 0 Å². The molecule has 2 aromatic rings. The summed E-state index contributed by atoms with van der Waals surface area (Å²) in [7, 11) is 0. The van der Waals surface area contributed by atoms with Crippen molar-refractivity contribution in [3.8, 4) is 0 Å². The summed E-state index contributed by atoms with van der Waals surface area (Å²) in [5.74, 6) is 0. The van der Waals surface area contributed by atoms with E-state index in [1.54, 1.807) is 0 Å². The summed E-state index contributed by atoms with van der Waals surface area (Å²) in [5, 5.41) is 2.72. The quantitative estimate of drug-likeness (QED) is 0.494. The van der Waals surface area contributed by atoms with E-state index in [1.807, 2.05) is 0 Å². The van der Waals surface area contributed by atoms with Gasteiger partial charge < -0.3 is 0 Å². The fourth-order valence-corrected chi connectivity index (χ4v) is 2.46. The second kappa shape index (κ2) is 3.44. The van der Waals surface area contributed by atoms with Gasteiger partial charge in [-0.25, -0.2) is 0 Å². The Hall–Kier alpha value is -0.570. The van der Waals surface area contributed by atoms with Crippen LogP contribution in [0.2, 0.25) is 0 Å². The third-order valence-corrected chi connectivity index (χ3v) is 3.85. The first-order valence-electron chi connectivity index (χ1n) is 3.88. The molecule has 0 aromatic heterocycles. The molecule has 1 heteroatoms. The van der Waals surface area contributed by atoms with Crippen LogP contribution < -0.4 is 21.2 Å². The Morgan fingerprint density at radius 2 is 1.67 bits per heavy atom. The zero-order valence-corrected chi connectivity index (χ0v) is 9.08. The number of fused-ring (bicyclic) bond motifs is 1. The van der Waals surface area contributed by atoms with Crippen LogP contribution in [0.3, 0.4) is 0 Å². The van der Waals surface area contributed by atoms with Crippen LogP contribution in [0.5, 0.6) is 0 Å². The van der Waals surface area contributed by atoms with Gasteiger partial charge in [0.05, 0.1) is 0 Å². The van der Waals surface area contributed by atoms with Gasteiger partial charge in [-0.15, -0.1) is 0 Å². The van der Waals surface area contributed by atoms with Gasteiger partial charge in [-0.1, -0.05) is 0 Å². The van der Waals surface area contributed by atoms with Crippen molar-refractivity contribution in [1.82, 2.24) is 0 Å². The number of halogens is 1. The van der Waals surface area contributed by atoms with Crippen molar-refractivity contribution in [2.75, 3.05) is 4.93 Å². The summed E-state index contributed by atoms with van der Waals surface area (Å²) in [4.78, 5) is 2.29. The first-order valence-corrected chi connectivity index (χ1v) is 7.12. The molecule has 0 N–H and O–H groups in total. The van der Waals surface area contributed by atoms with Gasteiger partial charge in [0.1, 0.15) is 0 Å². The number of rotatable bonds is 1. The predicted octanol–water partition coefficient (Wildman–Crippen LogP) is -0.272. The van der Waals surface area contributed by atoms with Gasteiger partial charge in [-0.05, 0) is 0 Å². The summed E-state index contributed by atoms with van der Waals surface area (Å²) in [6.45, 7) is 0. The molecule has 0 bridgehead atoms. The average Bonchev–Trinajstić information content (AvgIpc) is 2.17. The Bertz CT molecular complexity index is 393. The van der Waals surface area contributed by atoms with E-state index in [-0.39, 0.29) is 21.2 Å². The third kappa shape index (κ3) is 1.46. The molecule has 0 fully saturated rings. The van der Waals surface area contributed by atoms with Crippen molar-refractivity contribution in [2.24, 2.45) is 0 Å². The average molecular weight is 269 g/mol. The van der Waals surface area contributed by atoms with Crippen molar-refractivity contribution in [2.45, 2.75) is 0 Å². The van der Waals surface area contributed by atoms with E-state index in [9.17, 15) is 0 Å². The molecule has 2 rings (SSSR count). The van der Waals surface area contributed by atoms with Gasteiger partial charge in [0.2, 0.25) is 0 Å². The zero-order valence-electron chi connectivity index (χ0n) is 6.92. The monoisotopic (exact) mass is 269 g/mol. The third-order valence-electron chi connectivity index (χ3n) is 1.93. The molecule has 0 nitrogen and oxygen atoms in total. The van der Waals surface area contributed by atoms with Crippen molar-refractivity contribution >= 4 is 10.8 Å². The van der Waals surface area contributed by atoms with E-state index in [0.717, 1.165) is 0 Å². The molecule has 0 unspecified atom stereocenters. The van der Waals surface area contributed by atoms with Crippen LogP contribution in [0.15, 0.2) is 42.5 Å². The Labute approximate surface area is 82.9 Å². The van der Waals surface area contributed by atoms with E-state index in [2.05, 4.69) is 47.4 Å². The summed E-state index contributed by atoms with van der Waals surface area (Å²) in [6, 6.07) is 15.3. The van der Waals surface area contributed by atoms with Crippen LogP contribution >= 0.6 is 0 Å². The van der Waals surface area contributed by atoms with Crippen molar-refractivity contribution in [1.29, 1.82) is 0 Å². The maximum atomic E-state index is 2.31. The van der Waals surface area contributed by atoms with E-state index in [4.69, 9.17) is 0 Å². The Balaban J connectivity index is 2.67. The summed E-state index contributed by atoms with van der Waals surface area (Å²) in [6.07, 6.45) is 0. The zero-order chi connectivity index (χ0) is 8.39. The van der Waals surface area contributed by atoms with Gasteiger partial charge in [-0.2, -0.15) is 0 Å². The summed E-state index contributed by atoms with van der Waals surface area (Å²) >= 11 is 0.235. The van der Waals surface area contributed by atoms with Gasteiger partial charge in [0.25, 0.3) is 0 Å². The SMILES string of the molecule is C[I-]c1ccc2ccccc2c1. The first-order chi connectivity index (χ1) is 5.90. The minimum absolute atomic E-state index is 0.235. The second-order valence-corrected chi connectivity index (χ2v) is 5.00. The molecule has 0 spiro atoms. The standard InChI is InChI=1S/C11H10I/c1-12-11-7-6-9-4-2-3-5-10(9)8-11/h2-8H,1H3/q-1. The van der Waals surface area contributed by atoms with Gasteiger partial charge in [0, 0.05) is 0 Å². The second-order valence-electron chi connectivity index (χ2n) is 2.68. The Morgan fingerprint density at radius 3 is 2.42 bits per heavy atom. The van der Waals surface area contributed by atoms with Crippen LogP contribution in [0.4, 0.5) is 0 Å². The van der Waals surface area contributed by atoms with Crippen molar-refractivity contribution < 1.29 is 21.2 Å². The Kier molecular flexibility index (Phi) is 2.30. The molecule has 0 heterocycles. The van der Waals surface area contributed by atoms with Crippen molar-refractivity contribution in [3.63, 3.8) is 0 Å². The van der Waals surface area contributed by atoms with E-state index < -0.39 is 0 Å².